The van der Waals surface area contributed by atoms with Gasteiger partial charge in [0.1, 0.15) is 0 Å². The molecule has 0 aliphatic heterocycles. The Kier molecular flexibility index (Phi) is 4.15. The van der Waals surface area contributed by atoms with Crippen molar-refractivity contribution in [2.24, 2.45) is 11.8 Å². The molecule has 0 N–H and O–H groups in total. The summed E-state index contributed by atoms with van der Waals surface area (Å²) >= 11 is -0.610. The monoisotopic (exact) mass is 428 g/mol. The van der Waals surface area contributed by atoms with Gasteiger partial charge >= 0.3 is 175 Å². The van der Waals surface area contributed by atoms with E-state index in [9.17, 15) is 0 Å². The van der Waals surface area contributed by atoms with E-state index in [1.165, 1.54) is 25.7 Å². The van der Waals surface area contributed by atoms with Crippen molar-refractivity contribution >= 4 is 0 Å². The normalized spacial score (nSPS) is 35.3. The summed E-state index contributed by atoms with van der Waals surface area (Å²) in [7, 11) is 0. The van der Waals surface area contributed by atoms with Crippen LogP contribution in [-0.2, 0) is 23.2 Å². The molecular weight excluding hydrogens is 404 g/mol. The third-order valence-electron chi connectivity index (χ3n) is 7.54. The van der Waals surface area contributed by atoms with Gasteiger partial charge in [0.25, 0.3) is 0 Å². The fraction of sp³-hybridized carbons (Fsp3) is 0.385. The topological polar surface area (TPSA) is 0 Å². The predicted molar refractivity (Wildman–Crippen MR) is 108 cm³/mol. The van der Waals surface area contributed by atoms with Crippen molar-refractivity contribution in [1.82, 2.24) is 0 Å². The quantitative estimate of drug-likeness (QED) is 0.467. The number of hydrogen-bond acceptors (Lipinski definition) is 0. The van der Waals surface area contributed by atoms with Crippen LogP contribution in [0.2, 0.25) is 0 Å². The minimum absolute atomic E-state index is 0.610. The maximum absolute atomic E-state index is 2.54. The van der Waals surface area contributed by atoms with E-state index < -0.39 is 23.2 Å². The first kappa shape index (κ1) is 16.7. The van der Waals surface area contributed by atoms with Crippen LogP contribution in [0.1, 0.15) is 67.0 Å². The summed E-state index contributed by atoms with van der Waals surface area (Å²) in [4.78, 5) is 0. The van der Waals surface area contributed by atoms with Crippen LogP contribution >= 0.6 is 0 Å². The molecule has 4 aliphatic rings. The summed E-state index contributed by atoms with van der Waals surface area (Å²) < 4.78 is 1.81. The second-order valence-corrected chi connectivity index (χ2v) is 12.6. The molecule has 0 heterocycles. The Hall–Kier alpha value is -1.20. The van der Waals surface area contributed by atoms with Gasteiger partial charge in [0.2, 0.25) is 0 Å². The number of allylic oxidation sites excluding steroid dienone is 4. The summed E-state index contributed by atoms with van der Waals surface area (Å²) in [6.45, 7) is 0. The Morgan fingerprint density at radius 1 is 0.593 bits per heavy atom. The van der Waals surface area contributed by atoms with Crippen LogP contribution in [0, 0.1) is 11.8 Å². The molecule has 0 radical (unpaired) electrons. The van der Waals surface area contributed by atoms with Gasteiger partial charge in [-0.25, -0.2) is 0 Å². The molecule has 0 saturated heterocycles. The zero-order valence-electron chi connectivity index (χ0n) is 15.7. The van der Waals surface area contributed by atoms with Crippen molar-refractivity contribution in [1.29, 1.82) is 0 Å². The standard InChI is InChI=1S/2C13H13.Zr/c2*1-3-7-12-10(5-1)9-11-6-2-4-8-13(11)12;/h2*1,3-5,7-9,11,13H,2,6H2;. The van der Waals surface area contributed by atoms with Crippen molar-refractivity contribution in [3.63, 3.8) is 0 Å². The molecule has 2 aromatic carbocycles. The van der Waals surface area contributed by atoms with Crippen LogP contribution in [0.3, 0.4) is 0 Å². The number of hydrogen-bond donors (Lipinski definition) is 0. The SMILES string of the molecule is C1=CC2c3ccccc3[CH]([Zr][CH]3c4ccccc4C4C=CCCC43)C2CC1. The zero-order valence-corrected chi connectivity index (χ0v) is 18.2. The molecule has 0 nitrogen and oxygen atoms in total. The first-order valence-corrected chi connectivity index (χ1v) is 13.5. The van der Waals surface area contributed by atoms with Gasteiger partial charge in [0.05, 0.1) is 0 Å². The van der Waals surface area contributed by atoms with Gasteiger partial charge < -0.3 is 0 Å². The number of fused-ring (bicyclic) bond motifs is 6. The molecule has 2 aromatic rings. The molecule has 0 spiro atoms. The van der Waals surface area contributed by atoms with Crippen molar-refractivity contribution in [2.45, 2.75) is 44.8 Å². The number of benzene rings is 2. The fourth-order valence-electron chi connectivity index (χ4n) is 6.40. The summed E-state index contributed by atoms with van der Waals surface area (Å²) in [5, 5.41) is 0. The molecule has 0 bridgehead atoms. The van der Waals surface area contributed by atoms with E-state index >= 15 is 0 Å². The number of rotatable bonds is 2. The third kappa shape index (κ3) is 2.57. The molecule has 27 heavy (non-hydrogen) atoms. The Balaban J connectivity index is 1.40. The van der Waals surface area contributed by atoms with E-state index in [-0.39, 0.29) is 0 Å². The van der Waals surface area contributed by atoms with Crippen molar-refractivity contribution in [3.05, 3.63) is 95.1 Å². The molecule has 4 aliphatic carbocycles. The average molecular weight is 430 g/mol. The first-order chi connectivity index (χ1) is 13.4. The maximum atomic E-state index is 2.54. The third-order valence-corrected chi connectivity index (χ3v) is 12.9. The van der Waals surface area contributed by atoms with Crippen LogP contribution in [0.5, 0.6) is 0 Å². The Morgan fingerprint density at radius 2 is 1.04 bits per heavy atom. The van der Waals surface area contributed by atoms with Crippen LogP contribution < -0.4 is 0 Å². The van der Waals surface area contributed by atoms with Crippen LogP contribution in [0.15, 0.2) is 72.8 Å². The molecule has 6 rings (SSSR count). The van der Waals surface area contributed by atoms with Crippen LogP contribution in [0.4, 0.5) is 0 Å². The van der Waals surface area contributed by atoms with Crippen molar-refractivity contribution < 1.29 is 23.2 Å². The van der Waals surface area contributed by atoms with Gasteiger partial charge in [-0.3, -0.25) is 0 Å². The molecule has 134 valence electrons. The van der Waals surface area contributed by atoms with Crippen LogP contribution in [-0.4, -0.2) is 0 Å². The van der Waals surface area contributed by atoms with E-state index in [1.54, 1.807) is 22.3 Å². The van der Waals surface area contributed by atoms with Gasteiger partial charge in [-0.15, -0.1) is 0 Å². The zero-order chi connectivity index (χ0) is 17.8. The van der Waals surface area contributed by atoms with E-state index in [0.29, 0.717) is 11.8 Å². The second kappa shape index (κ2) is 6.70. The Labute approximate surface area is 174 Å². The van der Waals surface area contributed by atoms with Gasteiger partial charge in [0, 0.05) is 0 Å². The second-order valence-electron chi connectivity index (χ2n) is 8.77. The molecule has 0 amide bonds. The minimum atomic E-state index is -0.610. The van der Waals surface area contributed by atoms with Crippen molar-refractivity contribution in [3.8, 4) is 0 Å². The summed E-state index contributed by atoms with van der Waals surface area (Å²) in [6, 6.07) is 18.9. The molecule has 0 aromatic heterocycles. The van der Waals surface area contributed by atoms with Gasteiger partial charge in [0.15, 0.2) is 0 Å². The molecule has 0 fully saturated rings. The summed E-state index contributed by atoms with van der Waals surface area (Å²) in [6.07, 6.45) is 15.4. The van der Waals surface area contributed by atoms with E-state index in [2.05, 4.69) is 72.8 Å². The predicted octanol–water partition coefficient (Wildman–Crippen LogP) is 6.68. The molecule has 0 saturated carbocycles. The molecule has 6 unspecified atom stereocenters. The average Bonchev–Trinajstić information content (AvgIpc) is 3.23. The van der Waals surface area contributed by atoms with E-state index in [4.69, 9.17) is 0 Å². The first-order valence-electron chi connectivity index (χ1n) is 10.7. The summed E-state index contributed by atoms with van der Waals surface area (Å²) in [5.41, 5.74) is 6.79. The van der Waals surface area contributed by atoms with Gasteiger partial charge in [-0.2, -0.15) is 0 Å². The van der Waals surface area contributed by atoms with Gasteiger partial charge in [-0.05, 0) is 0 Å². The fourth-order valence-corrected chi connectivity index (χ4v) is 12.6. The van der Waals surface area contributed by atoms with Crippen molar-refractivity contribution in [2.75, 3.05) is 0 Å². The molecular formula is C26H26Zr. The molecule has 1 heteroatoms. The summed E-state index contributed by atoms with van der Waals surface area (Å²) in [5.74, 6) is 3.20. The van der Waals surface area contributed by atoms with Gasteiger partial charge in [-0.1, -0.05) is 0 Å². The Morgan fingerprint density at radius 3 is 1.52 bits per heavy atom. The van der Waals surface area contributed by atoms with Crippen LogP contribution in [0.25, 0.3) is 0 Å². The van der Waals surface area contributed by atoms with E-state index in [1.807, 2.05) is 0 Å². The van der Waals surface area contributed by atoms with E-state index in [0.717, 1.165) is 19.1 Å². The Bertz CT molecular complexity index is 848. The molecule has 6 atom stereocenters.